The highest BCUT2D eigenvalue weighted by molar-refractivity contribution is 6.19. The molecule has 0 bridgehead atoms. The Morgan fingerprint density at radius 1 is 0.930 bits per heavy atom. The average molecular weight is 590 g/mol. The molecule has 3 N–H and O–H groups in total. The van der Waals surface area contributed by atoms with Crippen LogP contribution in [0.15, 0.2) is 72.8 Å². The first kappa shape index (κ1) is 33.5. The molecule has 0 spiro atoms. The van der Waals surface area contributed by atoms with E-state index < -0.39 is 0 Å². The van der Waals surface area contributed by atoms with E-state index in [2.05, 4.69) is 22.0 Å². The lowest BCUT2D eigenvalue weighted by Gasteiger charge is -2.34. The summed E-state index contributed by atoms with van der Waals surface area (Å²) in [7, 11) is 1.60. The Morgan fingerprint density at radius 3 is 2.26 bits per heavy atom. The van der Waals surface area contributed by atoms with Crippen LogP contribution in [0.25, 0.3) is 5.57 Å². The van der Waals surface area contributed by atoms with Crippen molar-refractivity contribution in [2.45, 2.75) is 40.2 Å². The number of unbranched alkanes of at least 4 members (excludes halogenated alkanes) is 1. The first-order chi connectivity index (χ1) is 20.9. The number of rotatable bonds is 12. The van der Waals surface area contributed by atoms with Gasteiger partial charge in [0.15, 0.2) is 11.5 Å². The second kappa shape index (κ2) is 17.8. The van der Waals surface area contributed by atoms with E-state index in [-0.39, 0.29) is 24.0 Å². The van der Waals surface area contributed by atoms with Crippen LogP contribution in [0.4, 0.5) is 0 Å². The number of phenolic OH excluding ortho intramolecular Hbond substituents is 2. The summed E-state index contributed by atoms with van der Waals surface area (Å²) < 4.78 is 11.0. The summed E-state index contributed by atoms with van der Waals surface area (Å²) in [4.78, 5) is 17.6. The molecule has 43 heavy (non-hydrogen) atoms. The molecule has 8 heteroatoms. The summed E-state index contributed by atoms with van der Waals surface area (Å²) in [6.45, 7) is 14.1. The first-order valence-electron chi connectivity index (χ1n) is 15.1. The monoisotopic (exact) mass is 589 g/mol. The van der Waals surface area contributed by atoms with Crippen LogP contribution in [-0.4, -0.2) is 78.9 Å². The standard InChI is InChI=1S/C19H21NO4.C16H26N2O/c1-4-14(15-6-5-7-18(24-3)12(15)2)19(23)20-11-13-8-9-16(21)17(22)10-13;1-2-3-9-17-10-12-18(13-11-17)14-15-19-16-7-5-4-6-8-16/h4-10,21-22H,11H2,1-3H3,(H,20,23);4-8H,2-3,9-15H2,1H3/b14-4+;. The molecule has 0 unspecified atom stereocenters. The Kier molecular flexibility index (Phi) is 13.9. The van der Waals surface area contributed by atoms with Gasteiger partial charge < -0.3 is 29.9 Å². The zero-order chi connectivity index (χ0) is 31.0. The topological polar surface area (TPSA) is 94.5 Å². The van der Waals surface area contributed by atoms with Gasteiger partial charge in [-0.2, -0.15) is 0 Å². The van der Waals surface area contributed by atoms with Crippen LogP contribution in [0, 0.1) is 6.92 Å². The molecular formula is C35H47N3O5. The summed E-state index contributed by atoms with van der Waals surface area (Å²) in [6, 6.07) is 20.1. The number of piperazine rings is 1. The van der Waals surface area contributed by atoms with Gasteiger partial charge in [0, 0.05) is 44.8 Å². The van der Waals surface area contributed by atoms with Gasteiger partial charge in [0.05, 0.1) is 7.11 Å². The van der Waals surface area contributed by atoms with Crippen LogP contribution >= 0.6 is 0 Å². The second-order valence-corrected chi connectivity index (χ2v) is 10.5. The van der Waals surface area contributed by atoms with Gasteiger partial charge in [0.25, 0.3) is 5.91 Å². The summed E-state index contributed by atoms with van der Waals surface area (Å²) >= 11 is 0. The molecule has 8 nitrogen and oxygen atoms in total. The highest BCUT2D eigenvalue weighted by Gasteiger charge is 2.17. The number of methoxy groups -OCH3 is 1. The van der Waals surface area contributed by atoms with Crippen molar-refractivity contribution in [3.05, 3.63) is 89.5 Å². The van der Waals surface area contributed by atoms with Crippen molar-refractivity contribution in [1.82, 2.24) is 15.1 Å². The van der Waals surface area contributed by atoms with Crippen LogP contribution in [0.5, 0.6) is 23.0 Å². The number of benzene rings is 3. The zero-order valence-electron chi connectivity index (χ0n) is 26.0. The molecule has 0 aliphatic carbocycles. The summed E-state index contributed by atoms with van der Waals surface area (Å²) in [5, 5.41) is 21.6. The molecule has 4 rings (SSSR count). The number of aromatic hydroxyl groups is 2. The number of nitrogens with zero attached hydrogens (tertiary/aromatic N) is 2. The number of carbonyl (C=O) groups is 1. The summed E-state index contributed by atoms with van der Waals surface area (Å²) in [5.41, 5.74) is 2.94. The molecule has 1 fully saturated rings. The molecule has 232 valence electrons. The molecule has 3 aromatic rings. The van der Waals surface area contributed by atoms with Crippen LogP contribution in [0.1, 0.15) is 43.4 Å². The lowest BCUT2D eigenvalue weighted by atomic mass is 9.99. The Bertz CT molecular complexity index is 1300. The highest BCUT2D eigenvalue weighted by Crippen LogP contribution is 2.27. The predicted molar refractivity (Wildman–Crippen MR) is 173 cm³/mol. The number of allylic oxidation sites excluding steroid dienone is 1. The third-order valence-electron chi connectivity index (χ3n) is 7.53. The van der Waals surface area contributed by atoms with Crippen molar-refractivity contribution in [3.63, 3.8) is 0 Å². The van der Waals surface area contributed by atoms with Crippen molar-refractivity contribution in [2.75, 3.05) is 53.0 Å². The molecule has 0 radical (unpaired) electrons. The third kappa shape index (κ3) is 10.6. The average Bonchev–Trinajstić information content (AvgIpc) is 3.03. The van der Waals surface area contributed by atoms with Crippen LogP contribution < -0.4 is 14.8 Å². The minimum absolute atomic E-state index is 0.189. The highest BCUT2D eigenvalue weighted by atomic mass is 16.5. The number of para-hydroxylation sites is 1. The maximum Gasteiger partial charge on any atom is 0.251 e. The van der Waals surface area contributed by atoms with Crippen LogP contribution in [-0.2, 0) is 11.3 Å². The summed E-state index contributed by atoms with van der Waals surface area (Å²) in [5.74, 6) is 1.08. The number of nitrogens with one attached hydrogen (secondary N) is 1. The molecule has 0 atom stereocenters. The Morgan fingerprint density at radius 2 is 1.63 bits per heavy atom. The molecule has 0 saturated carbocycles. The van der Waals surface area contributed by atoms with Crippen molar-refractivity contribution in [1.29, 1.82) is 0 Å². The minimum Gasteiger partial charge on any atom is -0.504 e. The van der Waals surface area contributed by atoms with E-state index in [1.807, 2.05) is 55.5 Å². The van der Waals surface area contributed by atoms with Crippen molar-refractivity contribution >= 4 is 11.5 Å². The minimum atomic E-state index is -0.221. The number of ether oxygens (including phenoxy) is 2. The van der Waals surface area contributed by atoms with Gasteiger partial charge >= 0.3 is 0 Å². The fourth-order valence-electron chi connectivity index (χ4n) is 4.92. The van der Waals surface area contributed by atoms with E-state index >= 15 is 0 Å². The van der Waals surface area contributed by atoms with Gasteiger partial charge in [-0.15, -0.1) is 0 Å². The number of phenols is 2. The molecule has 3 aromatic carbocycles. The van der Waals surface area contributed by atoms with Gasteiger partial charge in [0.1, 0.15) is 18.1 Å². The first-order valence-corrected chi connectivity index (χ1v) is 15.1. The van der Waals surface area contributed by atoms with Gasteiger partial charge in [0.2, 0.25) is 0 Å². The SMILES string of the molecule is C/C=C(/C(=O)NCc1ccc(O)c(O)c1)c1cccc(OC)c1C.CCCCN1CCN(CCOc2ccccc2)CC1. The lowest BCUT2D eigenvalue weighted by molar-refractivity contribution is -0.115. The Balaban J connectivity index is 0.000000242. The third-order valence-corrected chi connectivity index (χ3v) is 7.53. The zero-order valence-corrected chi connectivity index (χ0v) is 26.0. The Hall–Kier alpha value is -4.01. The number of amides is 1. The number of hydrogen-bond acceptors (Lipinski definition) is 7. The maximum absolute atomic E-state index is 12.5. The molecule has 1 heterocycles. The fraction of sp³-hybridized carbons (Fsp3) is 0.400. The molecule has 1 amide bonds. The van der Waals surface area contributed by atoms with E-state index in [0.29, 0.717) is 11.1 Å². The van der Waals surface area contributed by atoms with Gasteiger partial charge in [-0.05, 0) is 73.8 Å². The second-order valence-electron chi connectivity index (χ2n) is 10.5. The number of carbonyl (C=O) groups excluding carboxylic acids is 1. The van der Waals surface area contributed by atoms with E-state index in [1.54, 1.807) is 26.2 Å². The maximum atomic E-state index is 12.5. The van der Waals surface area contributed by atoms with Gasteiger partial charge in [-0.25, -0.2) is 0 Å². The van der Waals surface area contributed by atoms with E-state index in [1.165, 1.54) is 57.7 Å². The summed E-state index contributed by atoms with van der Waals surface area (Å²) in [6.07, 6.45) is 4.38. The van der Waals surface area contributed by atoms with Crippen molar-refractivity contribution < 1.29 is 24.5 Å². The van der Waals surface area contributed by atoms with Crippen LogP contribution in [0.2, 0.25) is 0 Å². The molecule has 0 aromatic heterocycles. The largest absolute Gasteiger partial charge is 0.504 e. The van der Waals surface area contributed by atoms with Gasteiger partial charge in [-0.3, -0.25) is 9.69 Å². The Labute approximate surface area is 256 Å². The number of hydrogen-bond donors (Lipinski definition) is 3. The van der Waals surface area contributed by atoms with E-state index in [4.69, 9.17) is 9.47 Å². The van der Waals surface area contributed by atoms with Crippen molar-refractivity contribution in [3.8, 4) is 23.0 Å². The quantitative estimate of drug-likeness (QED) is 0.187. The molecule has 1 aliphatic heterocycles. The molecule has 1 saturated heterocycles. The van der Waals surface area contributed by atoms with E-state index in [0.717, 1.165) is 35.8 Å². The van der Waals surface area contributed by atoms with E-state index in [9.17, 15) is 15.0 Å². The molecular weight excluding hydrogens is 542 g/mol. The smallest absolute Gasteiger partial charge is 0.251 e. The van der Waals surface area contributed by atoms with Crippen molar-refractivity contribution in [2.24, 2.45) is 0 Å². The predicted octanol–water partition coefficient (Wildman–Crippen LogP) is 5.62. The molecule has 1 aliphatic rings. The normalized spacial score (nSPS) is 14.0. The fourth-order valence-corrected chi connectivity index (χ4v) is 4.92. The van der Waals surface area contributed by atoms with Crippen LogP contribution in [0.3, 0.4) is 0 Å². The van der Waals surface area contributed by atoms with Gasteiger partial charge in [-0.1, -0.05) is 55.8 Å². The lowest BCUT2D eigenvalue weighted by Crippen LogP contribution is -2.47.